The Morgan fingerprint density at radius 1 is 1.15 bits per heavy atom. The highest BCUT2D eigenvalue weighted by molar-refractivity contribution is 5.57. The van der Waals surface area contributed by atoms with Gasteiger partial charge in [0.05, 0.1) is 0 Å². The summed E-state index contributed by atoms with van der Waals surface area (Å²) in [5.74, 6) is 0.817. The van der Waals surface area contributed by atoms with Crippen LogP contribution in [0.5, 0.6) is 0 Å². The molecule has 1 aliphatic heterocycles. The normalized spacial score (nSPS) is 16.1. The highest BCUT2D eigenvalue weighted by Crippen LogP contribution is 2.32. The van der Waals surface area contributed by atoms with Crippen LogP contribution >= 0.6 is 0 Å². The van der Waals surface area contributed by atoms with Gasteiger partial charge >= 0.3 is 6.18 Å². The van der Waals surface area contributed by atoms with Crippen LogP contribution in [0.2, 0.25) is 0 Å². The average Bonchev–Trinajstić information content (AvgIpc) is 2.66. The van der Waals surface area contributed by atoms with Crippen LogP contribution < -0.4 is 4.90 Å². The fourth-order valence-corrected chi connectivity index (χ4v) is 2.98. The van der Waals surface area contributed by atoms with Gasteiger partial charge in [-0.3, -0.25) is 4.98 Å². The van der Waals surface area contributed by atoms with Gasteiger partial charge < -0.3 is 9.64 Å². The van der Waals surface area contributed by atoms with E-state index in [9.17, 15) is 13.2 Å². The maximum Gasteiger partial charge on any atom is 0.433 e. The van der Waals surface area contributed by atoms with Gasteiger partial charge in [0.1, 0.15) is 5.82 Å². The summed E-state index contributed by atoms with van der Waals surface area (Å²) in [6.45, 7) is 4.64. The monoisotopic (exact) mass is 366 g/mol. The molecule has 3 heterocycles. The van der Waals surface area contributed by atoms with E-state index in [0.717, 1.165) is 18.9 Å². The van der Waals surface area contributed by atoms with Crippen molar-refractivity contribution in [2.75, 3.05) is 31.2 Å². The zero-order chi connectivity index (χ0) is 18.6. The number of ether oxygens (including phenoxy) is 1. The third-order valence-electron chi connectivity index (χ3n) is 4.44. The second kappa shape index (κ2) is 7.99. The van der Waals surface area contributed by atoms with Crippen molar-refractivity contribution in [3.8, 4) is 11.4 Å². The van der Waals surface area contributed by atoms with Crippen LogP contribution in [0.4, 0.5) is 19.0 Å². The van der Waals surface area contributed by atoms with Gasteiger partial charge in [-0.25, -0.2) is 9.97 Å². The van der Waals surface area contributed by atoms with E-state index in [1.807, 2.05) is 11.8 Å². The molecule has 0 aromatic carbocycles. The predicted octanol–water partition coefficient (Wildman–Crippen LogP) is 3.81. The lowest BCUT2D eigenvalue weighted by atomic mass is 9.98. The number of rotatable bonds is 5. The van der Waals surface area contributed by atoms with Crippen LogP contribution in [0.25, 0.3) is 11.4 Å². The van der Waals surface area contributed by atoms with Gasteiger partial charge in [-0.05, 0) is 37.8 Å². The Kier molecular flexibility index (Phi) is 5.70. The van der Waals surface area contributed by atoms with Gasteiger partial charge in [-0.2, -0.15) is 13.2 Å². The minimum Gasteiger partial charge on any atom is -0.381 e. The number of anilines is 1. The molecule has 0 bridgehead atoms. The lowest BCUT2D eigenvalue weighted by Crippen LogP contribution is -2.36. The first-order valence-corrected chi connectivity index (χ1v) is 8.66. The standard InChI is InChI=1S/C18H21F3N4O/c1-2-26-12-13-5-9-25(10-6-13)16-11-15(18(19,20)21)23-17(24-16)14-3-7-22-8-4-14/h3-4,7-8,11,13H,2,5-6,9-10,12H2,1H3. The number of halogens is 3. The molecule has 140 valence electrons. The molecule has 1 saturated heterocycles. The summed E-state index contributed by atoms with van der Waals surface area (Å²) < 4.78 is 45.3. The van der Waals surface area contributed by atoms with Crippen molar-refractivity contribution >= 4 is 5.82 Å². The Hall–Kier alpha value is -2.22. The molecule has 1 fully saturated rings. The Morgan fingerprint density at radius 3 is 2.46 bits per heavy atom. The van der Waals surface area contributed by atoms with Gasteiger partial charge in [0, 0.05) is 50.3 Å². The lowest BCUT2D eigenvalue weighted by molar-refractivity contribution is -0.141. The summed E-state index contributed by atoms with van der Waals surface area (Å²) in [4.78, 5) is 13.9. The van der Waals surface area contributed by atoms with E-state index in [2.05, 4.69) is 15.0 Å². The van der Waals surface area contributed by atoms with Crippen LogP contribution in [0.1, 0.15) is 25.5 Å². The second-order valence-electron chi connectivity index (χ2n) is 6.26. The SMILES string of the molecule is CCOCC1CCN(c2cc(C(F)(F)F)nc(-c3ccncc3)n2)CC1. The third kappa shape index (κ3) is 4.49. The fraction of sp³-hybridized carbons (Fsp3) is 0.500. The number of hydrogen-bond acceptors (Lipinski definition) is 5. The van der Waals surface area contributed by atoms with E-state index < -0.39 is 11.9 Å². The van der Waals surface area contributed by atoms with Crippen LogP contribution in [-0.4, -0.2) is 41.3 Å². The molecular weight excluding hydrogens is 345 g/mol. The number of aromatic nitrogens is 3. The Morgan fingerprint density at radius 2 is 1.85 bits per heavy atom. The molecule has 0 N–H and O–H groups in total. The number of piperidine rings is 1. The first kappa shape index (κ1) is 18.6. The Bertz CT molecular complexity index is 716. The van der Waals surface area contributed by atoms with Crippen LogP contribution in [0.15, 0.2) is 30.6 Å². The van der Waals surface area contributed by atoms with Gasteiger partial charge in [-0.15, -0.1) is 0 Å². The molecule has 8 heteroatoms. The molecule has 5 nitrogen and oxygen atoms in total. The van der Waals surface area contributed by atoms with Crippen LogP contribution in [0, 0.1) is 5.92 Å². The molecule has 0 spiro atoms. The van der Waals surface area contributed by atoms with Gasteiger partial charge in [-0.1, -0.05) is 0 Å². The van der Waals surface area contributed by atoms with Crippen molar-refractivity contribution in [3.05, 3.63) is 36.3 Å². The molecule has 1 aliphatic rings. The molecule has 3 rings (SSSR count). The summed E-state index contributed by atoms with van der Waals surface area (Å²) in [6, 6.07) is 4.24. The summed E-state index contributed by atoms with van der Waals surface area (Å²) in [5, 5.41) is 0. The summed E-state index contributed by atoms with van der Waals surface area (Å²) in [5.41, 5.74) is -0.413. The van der Waals surface area contributed by atoms with E-state index >= 15 is 0 Å². The molecule has 0 saturated carbocycles. The average molecular weight is 366 g/mol. The molecule has 2 aromatic heterocycles. The zero-order valence-corrected chi connectivity index (χ0v) is 14.5. The van der Waals surface area contributed by atoms with E-state index in [4.69, 9.17) is 4.74 Å². The van der Waals surface area contributed by atoms with Crippen molar-refractivity contribution in [1.29, 1.82) is 0 Å². The van der Waals surface area contributed by atoms with Crippen molar-refractivity contribution in [1.82, 2.24) is 15.0 Å². The maximum atomic E-state index is 13.3. The van der Waals surface area contributed by atoms with E-state index in [1.165, 1.54) is 12.4 Å². The van der Waals surface area contributed by atoms with Crippen molar-refractivity contribution in [2.24, 2.45) is 5.92 Å². The number of hydrogen-bond donors (Lipinski definition) is 0. The molecule has 26 heavy (non-hydrogen) atoms. The number of pyridine rings is 1. The molecule has 0 aliphatic carbocycles. The minimum absolute atomic E-state index is 0.0636. The number of nitrogens with zero attached hydrogens (tertiary/aromatic N) is 4. The molecule has 0 unspecified atom stereocenters. The molecule has 0 amide bonds. The maximum absolute atomic E-state index is 13.3. The zero-order valence-electron chi connectivity index (χ0n) is 14.5. The Labute approximate surface area is 150 Å². The molecular formula is C18H21F3N4O. The fourth-order valence-electron chi connectivity index (χ4n) is 2.98. The first-order chi connectivity index (χ1) is 12.5. The van der Waals surface area contributed by atoms with E-state index in [0.29, 0.717) is 43.6 Å². The highest BCUT2D eigenvalue weighted by Gasteiger charge is 2.34. The van der Waals surface area contributed by atoms with Crippen LogP contribution in [-0.2, 0) is 10.9 Å². The summed E-state index contributed by atoms with van der Waals surface area (Å²) in [7, 11) is 0. The predicted molar refractivity (Wildman–Crippen MR) is 91.7 cm³/mol. The highest BCUT2D eigenvalue weighted by atomic mass is 19.4. The van der Waals surface area contributed by atoms with Crippen molar-refractivity contribution in [3.63, 3.8) is 0 Å². The van der Waals surface area contributed by atoms with Crippen molar-refractivity contribution < 1.29 is 17.9 Å². The quantitative estimate of drug-likeness (QED) is 0.805. The lowest BCUT2D eigenvalue weighted by Gasteiger charge is -2.33. The summed E-state index contributed by atoms with van der Waals surface area (Å²) >= 11 is 0. The molecule has 0 atom stereocenters. The first-order valence-electron chi connectivity index (χ1n) is 8.66. The smallest absolute Gasteiger partial charge is 0.381 e. The molecule has 0 radical (unpaired) electrons. The van der Waals surface area contributed by atoms with E-state index in [-0.39, 0.29) is 5.82 Å². The van der Waals surface area contributed by atoms with Gasteiger partial charge in [0.25, 0.3) is 0 Å². The van der Waals surface area contributed by atoms with Gasteiger partial charge in [0.15, 0.2) is 11.5 Å². The second-order valence-corrected chi connectivity index (χ2v) is 6.26. The minimum atomic E-state index is -4.52. The largest absolute Gasteiger partial charge is 0.433 e. The topological polar surface area (TPSA) is 51.1 Å². The Balaban J connectivity index is 1.85. The van der Waals surface area contributed by atoms with E-state index in [1.54, 1.807) is 12.1 Å². The van der Waals surface area contributed by atoms with Gasteiger partial charge in [0.2, 0.25) is 0 Å². The van der Waals surface area contributed by atoms with Crippen LogP contribution in [0.3, 0.4) is 0 Å². The number of alkyl halides is 3. The third-order valence-corrected chi connectivity index (χ3v) is 4.44. The summed E-state index contributed by atoms with van der Waals surface area (Å²) in [6.07, 6.45) is 0.244. The molecule has 2 aromatic rings. The van der Waals surface area contributed by atoms with Crippen molar-refractivity contribution in [2.45, 2.75) is 25.9 Å².